The SMILES string of the molecule is F[C@@H]1C[C@H](COc2ccccc2Cl)N(c2ncnc3nc[nH]c23)C1. The molecule has 1 fully saturated rings. The topological polar surface area (TPSA) is 66.9 Å². The molecule has 2 aromatic heterocycles. The van der Waals surface area contributed by atoms with Crippen molar-refractivity contribution in [1.29, 1.82) is 0 Å². The first kappa shape index (κ1) is 15.1. The molecule has 0 bridgehead atoms. The summed E-state index contributed by atoms with van der Waals surface area (Å²) >= 11 is 6.11. The van der Waals surface area contributed by atoms with Crippen LogP contribution in [-0.4, -0.2) is 45.3 Å². The van der Waals surface area contributed by atoms with Crippen LogP contribution in [-0.2, 0) is 0 Å². The van der Waals surface area contributed by atoms with Crippen LogP contribution in [0.1, 0.15) is 6.42 Å². The Bertz CT molecular complexity index is 857. The molecule has 1 aliphatic rings. The van der Waals surface area contributed by atoms with E-state index in [1.54, 1.807) is 18.5 Å². The van der Waals surface area contributed by atoms with Crippen LogP contribution in [0.3, 0.4) is 0 Å². The van der Waals surface area contributed by atoms with E-state index < -0.39 is 6.17 Å². The van der Waals surface area contributed by atoms with Crippen molar-refractivity contribution in [1.82, 2.24) is 19.9 Å². The Hall–Kier alpha value is -2.41. The first-order valence-electron chi connectivity index (χ1n) is 7.64. The molecule has 0 aliphatic carbocycles. The third-order valence-electron chi connectivity index (χ3n) is 4.11. The Morgan fingerprint density at radius 2 is 2.17 bits per heavy atom. The maximum Gasteiger partial charge on any atom is 0.182 e. The normalized spacial score (nSPS) is 20.7. The molecule has 1 saturated heterocycles. The number of nitrogens with one attached hydrogen (secondary N) is 1. The van der Waals surface area contributed by atoms with Crippen molar-refractivity contribution < 1.29 is 9.13 Å². The van der Waals surface area contributed by atoms with E-state index in [0.29, 0.717) is 40.8 Å². The van der Waals surface area contributed by atoms with Crippen LogP contribution in [0.15, 0.2) is 36.9 Å². The maximum absolute atomic E-state index is 14.0. The monoisotopic (exact) mass is 347 g/mol. The minimum Gasteiger partial charge on any atom is -0.490 e. The fraction of sp³-hybridized carbons (Fsp3) is 0.312. The molecule has 2 atom stereocenters. The van der Waals surface area contributed by atoms with Crippen molar-refractivity contribution in [2.45, 2.75) is 18.6 Å². The molecule has 1 aliphatic heterocycles. The molecule has 0 saturated carbocycles. The molecule has 1 aromatic carbocycles. The Morgan fingerprint density at radius 3 is 3.04 bits per heavy atom. The zero-order valence-electron chi connectivity index (χ0n) is 12.7. The summed E-state index contributed by atoms with van der Waals surface area (Å²) in [6, 6.07) is 7.11. The summed E-state index contributed by atoms with van der Waals surface area (Å²) in [4.78, 5) is 17.5. The number of hydrogen-bond donors (Lipinski definition) is 1. The number of halogens is 2. The summed E-state index contributed by atoms with van der Waals surface area (Å²) in [5, 5.41) is 0.539. The molecule has 4 rings (SSSR count). The molecular formula is C16H15ClFN5O. The highest BCUT2D eigenvalue weighted by molar-refractivity contribution is 6.32. The van der Waals surface area contributed by atoms with Gasteiger partial charge in [-0.3, -0.25) is 0 Å². The van der Waals surface area contributed by atoms with Gasteiger partial charge in [0.05, 0.1) is 23.9 Å². The van der Waals surface area contributed by atoms with Crippen molar-refractivity contribution in [2.75, 3.05) is 18.1 Å². The fourth-order valence-electron chi connectivity index (χ4n) is 2.99. The van der Waals surface area contributed by atoms with Crippen molar-refractivity contribution >= 4 is 28.6 Å². The molecule has 8 heteroatoms. The summed E-state index contributed by atoms with van der Waals surface area (Å²) in [6.07, 6.45) is 2.44. The van der Waals surface area contributed by atoms with Gasteiger partial charge in [0, 0.05) is 6.42 Å². The number of hydrogen-bond acceptors (Lipinski definition) is 5. The van der Waals surface area contributed by atoms with Gasteiger partial charge >= 0.3 is 0 Å². The third kappa shape index (κ3) is 2.75. The summed E-state index contributed by atoms with van der Waals surface area (Å²) < 4.78 is 19.9. The van der Waals surface area contributed by atoms with Gasteiger partial charge in [-0.2, -0.15) is 0 Å². The fourth-order valence-corrected chi connectivity index (χ4v) is 3.19. The zero-order chi connectivity index (χ0) is 16.5. The Kier molecular flexibility index (Phi) is 3.93. The summed E-state index contributed by atoms with van der Waals surface area (Å²) in [5.41, 5.74) is 1.27. The molecule has 0 unspecified atom stereocenters. The molecule has 0 spiro atoms. The van der Waals surface area contributed by atoms with Crippen LogP contribution >= 0.6 is 11.6 Å². The lowest BCUT2D eigenvalue weighted by atomic mass is 10.2. The number of H-pyrrole nitrogens is 1. The molecule has 24 heavy (non-hydrogen) atoms. The number of benzene rings is 1. The number of alkyl halides is 1. The van der Waals surface area contributed by atoms with E-state index in [4.69, 9.17) is 16.3 Å². The lowest BCUT2D eigenvalue weighted by Gasteiger charge is -2.25. The van der Waals surface area contributed by atoms with E-state index in [2.05, 4.69) is 19.9 Å². The number of para-hydroxylation sites is 1. The Labute approximate surface area is 142 Å². The minimum absolute atomic E-state index is 0.141. The van der Waals surface area contributed by atoms with Gasteiger partial charge < -0.3 is 14.6 Å². The number of rotatable bonds is 4. The van der Waals surface area contributed by atoms with Crippen molar-refractivity contribution in [3.05, 3.63) is 41.9 Å². The molecule has 0 amide bonds. The first-order valence-corrected chi connectivity index (χ1v) is 8.02. The van der Waals surface area contributed by atoms with Crippen LogP contribution in [0.25, 0.3) is 11.2 Å². The van der Waals surface area contributed by atoms with E-state index in [1.165, 1.54) is 6.33 Å². The average Bonchev–Trinajstić information content (AvgIpc) is 3.20. The number of ether oxygens (including phenoxy) is 1. The van der Waals surface area contributed by atoms with Gasteiger partial charge in [-0.05, 0) is 12.1 Å². The van der Waals surface area contributed by atoms with Crippen molar-refractivity contribution in [3.63, 3.8) is 0 Å². The van der Waals surface area contributed by atoms with Gasteiger partial charge in [0.15, 0.2) is 11.5 Å². The summed E-state index contributed by atoms with van der Waals surface area (Å²) in [5.74, 6) is 1.24. The average molecular weight is 348 g/mol. The van der Waals surface area contributed by atoms with Crippen LogP contribution in [0.2, 0.25) is 5.02 Å². The summed E-state index contributed by atoms with van der Waals surface area (Å²) in [6.45, 7) is 0.589. The quantitative estimate of drug-likeness (QED) is 0.785. The van der Waals surface area contributed by atoms with Gasteiger partial charge in [-0.25, -0.2) is 19.3 Å². The predicted octanol–water partition coefficient (Wildman–Crippen LogP) is 3.00. The van der Waals surface area contributed by atoms with Crippen LogP contribution in [0.4, 0.5) is 10.2 Å². The lowest BCUT2D eigenvalue weighted by molar-refractivity contribution is 0.275. The van der Waals surface area contributed by atoms with Crippen LogP contribution in [0, 0.1) is 0 Å². The first-order chi connectivity index (χ1) is 11.7. The Morgan fingerprint density at radius 1 is 1.29 bits per heavy atom. The Balaban J connectivity index is 1.58. The molecule has 6 nitrogen and oxygen atoms in total. The molecule has 0 radical (unpaired) electrons. The second-order valence-electron chi connectivity index (χ2n) is 5.68. The highest BCUT2D eigenvalue weighted by atomic mass is 35.5. The van der Waals surface area contributed by atoms with Gasteiger partial charge in [-0.15, -0.1) is 0 Å². The molecular weight excluding hydrogens is 333 g/mol. The molecule has 1 N–H and O–H groups in total. The minimum atomic E-state index is -0.933. The highest BCUT2D eigenvalue weighted by Gasteiger charge is 2.35. The second kappa shape index (κ2) is 6.24. The smallest absolute Gasteiger partial charge is 0.182 e. The summed E-state index contributed by atoms with van der Waals surface area (Å²) in [7, 11) is 0. The maximum atomic E-state index is 14.0. The largest absolute Gasteiger partial charge is 0.490 e. The van der Waals surface area contributed by atoms with E-state index in [9.17, 15) is 4.39 Å². The van der Waals surface area contributed by atoms with Gasteiger partial charge in [0.1, 0.15) is 30.4 Å². The van der Waals surface area contributed by atoms with Crippen molar-refractivity contribution in [2.24, 2.45) is 0 Å². The molecule has 124 valence electrons. The number of aromatic amines is 1. The number of fused-ring (bicyclic) bond motifs is 1. The zero-order valence-corrected chi connectivity index (χ0v) is 13.4. The second-order valence-corrected chi connectivity index (χ2v) is 6.09. The third-order valence-corrected chi connectivity index (χ3v) is 4.42. The van der Waals surface area contributed by atoms with Gasteiger partial charge in [-0.1, -0.05) is 23.7 Å². The standard InChI is InChI=1S/C16H15ClFN5O/c17-12-3-1-2-4-13(12)24-7-11-5-10(18)6-23(11)16-14-15(20-8-19-14)21-9-22-16/h1-4,8-11H,5-7H2,(H,19,20,21,22)/t10-,11-/m1/s1. The number of aromatic nitrogens is 4. The van der Waals surface area contributed by atoms with E-state index in [0.717, 1.165) is 0 Å². The molecule has 3 heterocycles. The van der Waals surface area contributed by atoms with Crippen LogP contribution in [0.5, 0.6) is 5.75 Å². The van der Waals surface area contributed by atoms with E-state index in [-0.39, 0.29) is 12.6 Å². The van der Waals surface area contributed by atoms with E-state index in [1.807, 2.05) is 17.0 Å². The number of imidazole rings is 1. The van der Waals surface area contributed by atoms with Gasteiger partial charge in [0.2, 0.25) is 0 Å². The number of anilines is 1. The lowest BCUT2D eigenvalue weighted by Crippen LogP contribution is -2.35. The van der Waals surface area contributed by atoms with E-state index >= 15 is 0 Å². The van der Waals surface area contributed by atoms with Gasteiger partial charge in [0.25, 0.3) is 0 Å². The van der Waals surface area contributed by atoms with Crippen molar-refractivity contribution in [3.8, 4) is 5.75 Å². The predicted molar refractivity (Wildman–Crippen MR) is 89.3 cm³/mol. The molecule has 3 aromatic rings. The highest BCUT2D eigenvalue weighted by Crippen LogP contribution is 2.31. The number of nitrogens with zero attached hydrogens (tertiary/aromatic N) is 4. The van der Waals surface area contributed by atoms with Crippen LogP contribution < -0.4 is 9.64 Å².